The number of benzene rings is 2. The van der Waals surface area contributed by atoms with E-state index in [1.807, 2.05) is 24.3 Å². The van der Waals surface area contributed by atoms with Gasteiger partial charge in [0.05, 0.1) is 19.7 Å². The highest BCUT2D eigenvalue weighted by Crippen LogP contribution is 2.26. The Hall–Kier alpha value is -3.19. The van der Waals surface area contributed by atoms with E-state index in [2.05, 4.69) is 72.3 Å². The minimum Gasteiger partial charge on any atom is -0.497 e. The Labute approximate surface area is 214 Å². The number of nitrogens with zero attached hydrogens (tertiary/aromatic N) is 3. The number of ether oxygens (including phenoxy) is 1. The van der Waals surface area contributed by atoms with E-state index < -0.39 is 0 Å². The number of amides is 1. The molecule has 3 aromatic rings. The fraction of sp³-hybridized carbons (Fsp3) is 0.483. The molecule has 1 atom stereocenters. The van der Waals surface area contributed by atoms with Crippen molar-refractivity contribution in [2.24, 2.45) is 5.92 Å². The zero-order valence-electron chi connectivity index (χ0n) is 22.1. The Morgan fingerprint density at radius 3 is 2.36 bits per heavy atom. The van der Waals surface area contributed by atoms with Crippen LogP contribution in [0.15, 0.2) is 53.1 Å². The predicted molar refractivity (Wildman–Crippen MR) is 141 cm³/mol. The highest BCUT2D eigenvalue weighted by Gasteiger charge is 2.27. The molecular formula is C29H38N4O3. The van der Waals surface area contributed by atoms with E-state index in [0.717, 1.165) is 49.2 Å². The van der Waals surface area contributed by atoms with E-state index in [0.29, 0.717) is 18.3 Å². The molecule has 4 rings (SSSR count). The van der Waals surface area contributed by atoms with Gasteiger partial charge >= 0.3 is 0 Å². The first-order valence-corrected chi connectivity index (χ1v) is 12.9. The molecule has 7 nitrogen and oxygen atoms in total. The third kappa shape index (κ3) is 6.32. The molecule has 1 amide bonds. The number of hydrogen-bond acceptors (Lipinski definition) is 6. The van der Waals surface area contributed by atoms with Crippen LogP contribution in [-0.2, 0) is 16.8 Å². The van der Waals surface area contributed by atoms with Crippen molar-refractivity contribution in [3.05, 3.63) is 65.5 Å². The van der Waals surface area contributed by atoms with Crippen LogP contribution in [0.1, 0.15) is 70.0 Å². The maximum Gasteiger partial charge on any atom is 0.241 e. The van der Waals surface area contributed by atoms with Gasteiger partial charge in [-0.15, -0.1) is 0 Å². The van der Waals surface area contributed by atoms with Crippen molar-refractivity contribution in [3.63, 3.8) is 0 Å². The molecule has 2 aromatic carbocycles. The lowest BCUT2D eigenvalue weighted by atomic mass is 9.87. The Morgan fingerprint density at radius 2 is 1.78 bits per heavy atom. The number of likely N-dealkylation sites (tertiary alicyclic amines) is 1. The number of aromatic nitrogens is 2. The van der Waals surface area contributed by atoms with Gasteiger partial charge in [-0.05, 0) is 61.0 Å². The van der Waals surface area contributed by atoms with Crippen molar-refractivity contribution in [3.8, 4) is 17.1 Å². The fourth-order valence-corrected chi connectivity index (χ4v) is 4.65. The molecule has 1 saturated heterocycles. The molecule has 7 heteroatoms. The van der Waals surface area contributed by atoms with Gasteiger partial charge in [0, 0.05) is 11.5 Å². The molecular weight excluding hydrogens is 452 g/mol. The van der Waals surface area contributed by atoms with Gasteiger partial charge in [-0.3, -0.25) is 9.69 Å². The van der Waals surface area contributed by atoms with E-state index in [1.54, 1.807) is 7.11 Å². The molecule has 1 unspecified atom stereocenters. The highest BCUT2D eigenvalue weighted by molar-refractivity contribution is 5.79. The Balaban J connectivity index is 1.28. The maximum absolute atomic E-state index is 13.0. The number of methoxy groups -OCH3 is 1. The smallest absolute Gasteiger partial charge is 0.241 e. The lowest BCUT2D eigenvalue weighted by molar-refractivity contribution is -0.127. The molecule has 0 spiro atoms. The third-order valence-corrected chi connectivity index (χ3v) is 7.04. The van der Waals surface area contributed by atoms with Gasteiger partial charge in [0.15, 0.2) is 0 Å². The molecule has 1 aromatic heterocycles. The van der Waals surface area contributed by atoms with Gasteiger partial charge < -0.3 is 14.6 Å². The molecule has 1 fully saturated rings. The predicted octanol–water partition coefficient (Wildman–Crippen LogP) is 5.52. The molecule has 1 aliphatic heterocycles. The van der Waals surface area contributed by atoms with Gasteiger partial charge in [-0.1, -0.05) is 69.2 Å². The second-order valence-corrected chi connectivity index (χ2v) is 10.6. The van der Waals surface area contributed by atoms with Crippen LogP contribution in [0.25, 0.3) is 11.4 Å². The van der Waals surface area contributed by atoms with Crippen molar-refractivity contribution < 1.29 is 14.1 Å². The van der Waals surface area contributed by atoms with Crippen LogP contribution in [0.5, 0.6) is 5.75 Å². The normalized spacial score (nSPS) is 16.0. The molecule has 0 saturated carbocycles. The summed E-state index contributed by atoms with van der Waals surface area (Å²) in [6, 6.07) is 16.3. The van der Waals surface area contributed by atoms with Crippen LogP contribution in [0.4, 0.5) is 0 Å². The van der Waals surface area contributed by atoms with Crippen molar-refractivity contribution >= 4 is 5.91 Å². The summed E-state index contributed by atoms with van der Waals surface area (Å²) in [7, 11) is 1.66. The second kappa shape index (κ2) is 11.2. The number of piperidine rings is 1. The summed E-state index contributed by atoms with van der Waals surface area (Å²) in [4.78, 5) is 19.9. The monoisotopic (exact) mass is 490 g/mol. The lowest BCUT2D eigenvalue weighted by Gasteiger charge is -2.31. The van der Waals surface area contributed by atoms with Crippen LogP contribution >= 0.6 is 0 Å². The van der Waals surface area contributed by atoms with Crippen molar-refractivity contribution in [2.45, 2.75) is 65.0 Å². The topological polar surface area (TPSA) is 80.5 Å². The largest absolute Gasteiger partial charge is 0.497 e. The molecule has 36 heavy (non-hydrogen) atoms. The first-order valence-electron chi connectivity index (χ1n) is 12.9. The zero-order chi connectivity index (χ0) is 25.7. The molecule has 0 bridgehead atoms. The average Bonchev–Trinajstić information content (AvgIpc) is 3.35. The number of nitrogens with one attached hydrogen (secondary N) is 1. The summed E-state index contributed by atoms with van der Waals surface area (Å²) >= 11 is 0. The summed E-state index contributed by atoms with van der Waals surface area (Å²) in [5, 5.41) is 7.43. The van der Waals surface area contributed by atoms with Crippen LogP contribution < -0.4 is 10.1 Å². The second-order valence-electron chi connectivity index (χ2n) is 10.6. The first kappa shape index (κ1) is 25.9. The molecule has 1 aliphatic rings. The summed E-state index contributed by atoms with van der Waals surface area (Å²) < 4.78 is 10.8. The van der Waals surface area contributed by atoms with E-state index >= 15 is 0 Å². The summed E-state index contributed by atoms with van der Waals surface area (Å²) in [5.74, 6) is 2.20. The molecule has 0 aliphatic carbocycles. The van der Waals surface area contributed by atoms with Crippen LogP contribution in [-0.4, -0.2) is 41.1 Å². The third-order valence-electron chi connectivity index (χ3n) is 7.04. The number of rotatable bonds is 8. The minimum absolute atomic E-state index is 0.00992. The minimum atomic E-state index is 0.00992. The summed E-state index contributed by atoms with van der Waals surface area (Å²) in [6.45, 7) is 10.9. The number of carbonyl (C=O) groups is 1. The highest BCUT2D eigenvalue weighted by atomic mass is 16.5. The van der Waals surface area contributed by atoms with Crippen molar-refractivity contribution in [1.29, 1.82) is 0 Å². The Morgan fingerprint density at radius 1 is 1.11 bits per heavy atom. The lowest BCUT2D eigenvalue weighted by Crippen LogP contribution is -2.41. The summed E-state index contributed by atoms with van der Waals surface area (Å²) in [6.07, 6.45) is 2.48. The van der Waals surface area contributed by atoms with E-state index in [1.165, 1.54) is 5.56 Å². The number of carbonyl (C=O) groups excluding carboxylic acids is 1. The maximum atomic E-state index is 13.0. The average molecular weight is 491 g/mol. The van der Waals surface area contributed by atoms with Gasteiger partial charge in [0.25, 0.3) is 0 Å². The van der Waals surface area contributed by atoms with Gasteiger partial charge in [-0.25, -0.2) is 0 Å². The molecule has 0 radical (unpaired) electrons. The van der Waals surface area contributed by atoms with Crippen molar-refractivity contribution in [2.75, 3.05) is 20.2 Å². The SMILES string of the molecule is CCC(NC(=O)C1CCN(Cc2nc(-c3ccc(C(C)(C)C)cc3)no2)CC1)c1ccc(OC)cc1. The van der Waals surface area contributed by atoms with E-state index in [9.17, 15) is 4.79 Å². The zero-order valence-corrected chi connectivity index (χ0v) is 22.1. The van der Waals surface area contributed by atoms with Crippen LogP contribution in [0, 0.1) is 5.92 Å². The van der Waals surface area contributed by atoms with E-state index in [-0.39, 0.29) is 23.3 Å². The van der Waals surface area contributed by atoms with Gasteiger partial charge in [0.2, 0.25) is 17.6 Å². The Bertz CT molecular complexity index is 1120. The molecule has 1 N–H and O–H groups in total. The van der Waals surface area contributed by atoms with Gasteiger partial charge in [0.1, 0.15) is 5.75 Å². The quantitative estimate of drug-likeness (QED) is 0.448. The fourth-order valence-electron chi connectivity index (χ4n) is 4.65. The molecule has 192 valence electrons. The van der Waals surface area contributed by atoms with Crippen LogP contribution in [0.3, 0.4) is 0 Å². The van der Waals surface area contributed by atoms with Crippen LogP contribution in [0.2, 0.25) is 0 Å². The number of hydrogen-bond donors (Lipinski definition) is 1. The summed E-state index contributed by atoms with van der Waals surface area (Å²) in [5.41, 5.74) is 3.44. The van der Waals surface area contributed by atoms with E-state index in [4.69, 9.17) is 9.26 Å². The first-order chi connectivity index (χ1) is 17.3. The Kier molecular flexibility index (Phi) is 8.09. The van der Waals surface area contributed by atoms with Crippen molar-refractivity contribution in [1.82, 2.24) is 20.4 Å². The molecule has 2 heterocycles. The van der Waals surface area contributed by atoms with Gasteiger partial charge in [-0.2, -0.15) is 4.98 Å². The standard InChI is InChI=1S/C29H38N4O3/c1-6-25(20-9-13-24(35-5)14-10-20)30-28(34)22-15-17-33(18-16-22)19-26-31-27(32-36-26)21-7-11-23(12-8-21)29(2,3)4/h7-14,22,25H,6,15-19H2,1-5H3,(H,30,34).